The highest BCUT2D eigenvalue weighted by molar-refractivity contribution is 5.94. The Morgan fingerprint density at radius 3 is 2.64 bits per heavy atom. The number of carbonyl (C=O) groups excluding carboxylic acids is 2. The minimum absolute atomic E-state index is 0.283. The maximum absolute atomic E-state index is 12.0. The average molecular weight is 347 g/mol. The molecule has 2 saturated carbocycles. The maximum atomic E-state index is 12.0. The van der Waals surface area contributed by atoms with Crippen molar-refractivity contribution in [3.05, 3.63) is 18.2 Å². The second kappa shape index (κ2) is 7.76. The fourth-order valence-corrected chi connectivity index (χ4v) is 4.13. The van der Waals surface area contributed by atoms with Gasteiger partial charge in [0.1, 0.15) is 11.5 Å². The Labute approximate surface area is 147 Å². The number of amides is 1. The number of carbonyl (C=O) groups is 2. The van der Waals surface area contributed by atoms with Gasteiger partial charge >= 0.3 is 5.97 Å². The normalized spacial score (nSPS) is 24.0. The van der Waals surface area contributed by atoms with Crippen molar-refractivity contribution in [3.63, 3.8) is 0 Å². The van der Waals surface area contributed by atoms with Crippen LogP contribution in [0.4, 0.5) is 5.69 Å². The van der Waals surface area contributed by atoms with Gasteiger partial charge in [0.05, 0.1) is 19.9 Å². The van der Waals surface area contributed by atoms with Crippen LogP contribution in [0, 0.1) is 17.8 Å². The number of esters is 1. The van der Waals surface area contributed by atoms with E-state index in [1.807, 2.05) is 0 Å². The number of rotatable bonds is 7. The summed E-state index contributed by atoms with van der Waals surface area (Å²) in [5.74, 6) is 2.37. The minimum Gasteiger partial charge on any atom is -0.497 e. The second-order valence-electron chi connectivity index (χ2n) is 6.91. The molecule has 1 aromatic rings. The fourth-order valence-electron chi connectivity index (χ4n) is 4.13. The van der Waals surface area contributed by atoms with Gasteiger partial charge in [-0.1, -0.05) is 6.42 Å². The summed E-state index contributed by atoms with van der Waals surface area (Å²) in [4.78, 5) is 24.0. The predicted molar refractivity (Wildman–Crippen MR) is 92.7 cm³/mol. The first-order chi connectivity index (χ1) is 12.1. The molecule has 0 unspecified atom stereocenters. The van der Waals surface area contributed by atoms with E-state index in [1.165, 1.54) is 26.4 Å². The van der Waals surface area contributed by atoms with Crippen LogP contribution >= 0.6 is 0 Å². The molecule has 0 saturated heterocycles. The van der Waals surface area contributed by atoms with Crippen LogP contribution in [0.5, 0.6) is 11.5 Å². The molecule has 0 aliphatic heterocycles. The van der Waals surface area contributed by atoms with Gasteiger partial charge in [-0.2, -0.15) is 0 Å². The molecule has 0 heterocycles. The molecule has 25 heavy (non-hydrogen) atoms. The molecule has 136 valence electrons. The lowest BCUT2D eigenvalue weighted by Crippen LogP contribution is -2.23. The highest BCUT2D eigenvalue weighted by Gasteiger charge is 2.40. The van der Waals surface area contributed by atoms with Gasteiger partial charge < -0.3 is 19.5 Å². The van der Waals surface area contributed by atoms with Gasteiger partial charge in [-0.05, 0) is 49.1 Å². The Morgan fingerprint density at radius 2 is 2.00 bits per heavy atom. The van der Waals surface area contributed by atoms with Gasteiger partial charge in [0.15, 0.2) is 6.61 Å². The van der Waals surface area contributed by atoms with E-state index in [9.17, 15) is 9.59 Å². The van der Waals surface area contributed by atoms with Crippen molar-refractivity contribution in [2.75, 3.05) is 26.1 Å². The lowest BCUT2D eigenvalue weighted by atomic mass is 9.86. The molecule has 0 radical (unpaired) electrons. The maximum Gasteiger partial charge on any atom is 0.306 e. The van der Waals surface area contributed by atoms with Crippen molar-refractivity contribution >= 4 is 17.6 Å². The van der Waals surface area contributed by atoms with E-state index in [0.717, 1.165) is 12.3 Å². The molecule has 0 spiro atoms. The first-order valence-electron chi connectivity index (χ1n) is 8.76. The van der Waals surface area contributed by atoms with Crippen molar-refractivity contribution in [1.29, 1.82) is 0 Å². The van der Waals surface area contributed by atoms with E-state index in [1.54, 1.807) is 25.3 Å². The van der Waals surface area contributed by atoms with Crippen LogP contribution in [0.15, 0.2) is 18.2 Å². The first kappa shape index (κ1) is 17.6. The van der Waals surface area contributed by atoms with Crippen molar-refractivity contribution in [2.24, 2.45) is 17.8 Å². The number of benzene rings is 1. The van der Waals surface area contributed by atoms with Gasteiger partial charge in [-0.15, -0.1) is 0 Å². The van der Waals surface area contributed by atoms with Crippen LogP contribution in [0.25, 0.3) is 0 Å². The lowest BCUT2D eigenvalue weighted by molar-refractivity contribution is -0.148. The highest BCUT2D eigenvalue weighted by Crippen LogP contribution is 2.49. The molecule has 2 fully saturated rings. The van der Waals surface area contributed by atoms with Crippen LogP contribution in [0.2, 0.25) is 0 Å². The zero-order chi connectivity index (χ0) is 17.8. The minimum atomic E-state index is -0.384. The number of hydrogen-bond donors (Lipinski definition) is 1. The van der Waals surface area contributed by atoms with E-state index in [-0.39, 0.29) is 18.5 Å². The summed E-state index contributed by atoms with van der Waals surface area (Å²) >= 11 is 0. The molecule has 2 bridgehead atoms. The molecule has 3 rings (SSSR count). The lowest BCUT2D eigenvalue weighted by Gasteiger charge is -2.20. The van der Waals surface area contributed by atoms with Crippen LogP contribution < -0.4 is 14.8 Å². The van der Waals surface area contributed by atoms with Crippen molar-refractivity contribution in [1.82, 2.24) is 0 Å². The Morgan fingerprint density at radius 1 is 1.16 bits per heavy atom. The zero-order valence-corrected chi connectivity index (χ0v) is 14.7. The quantitative estimate of drug-likeness (QED) is 0.768. The SMILES string of the molecule is COc1ccc(NC(=O)COC(=O)C[C@H]2C[C@H]3CC[C@@H]2C3)c(OC)c1. The third kappa shape index (κ3) is 4.24. The summed E-state index contributed by atoms with van der Waals surface area (Å²) in [6, 6.07) is 5.09. The third-order valence-electron chi connectivity index (χ3n) is 5.36. The predicted octanol–water partition coefficient (Wildman–Crippen LogP) is 3.01. The van der Waals surface area contributed by atoms with E-state index >= 15 is 0 Å². The molecule has 2 aliphatic rings. The summed E-state index contributed by atoms with van der Waals surface area (Å²) in [6.07, 6.45) is 5.37. The summed E-state index contributed by atoms with van der Waals surface area (Å²) in [5, 5.41) is 2.69. The van der Waals surface area contributed by atoms with Gasteiger partial charge in [-0.3, -0.25) is 9.59 Å². The summed E-state index contributed by atoms with van der Waals surface area (Å²) < 4.78 is 15.5. The fraction of sp³-hybridized carbons (Fsp3) is 0.579. The summed E-state index contributed by atoms with van der Waals surface area (Å²) in [5.41, 5.74) is 0.512. The molecule has 0 aromatic heterocycles. The van der Waals surface area contributed by atoms with Crippen LogP contribution in [-0.4, -0.2) is 32.7 Å². The molecular formula is C19H25NO5. The van der Waals surface area contributed by atoms with Gasteiger partial charge in [-0.25, -0.2) is 0 Å². The number of ether oxygens (including phenoxy) is 3. The van der Waals surface area contributed by atoms with E-state index in [2.05, 4.69) is 5.32 Å². The van der Waals surface area contributed by atoms with Crippen LogP contribution in [-0.2, 0) is 14.3 Å². The summed E-state index contributed by atoms with van der Waals surface area (Å²) in [6.45, 7) is -0.283. The van der Waals surface area contributed by atoms with Crippen LogP contribution in [0.1, 0.15) is 32.1 Å². The highest BCUT2D eigenvalue weighted by atomic mass is 16.5. The number of fused-ring (bicyclic) bond motifs is 2. The van der Waals surface area contributed by atoms with E-state index < -0.39 is 0 Å². The Bertz CT molecular complexity index is 645. The molecule has 6 heteroatoms. The number of nitrogens with one attached hydrogen (secondary N) is 1. The van der Waals surface area contributed by atoms with E-state index in [4.69, 9.17) is 14.2 Å². The third-order valence-corrected chi connectivity index (χ3v) is 5.36. The zero-order valence-electron chi connectivity index (χ0n) is 14.7. The van der Waals surface area contributed by atoms with Crippen molar-refractivity contribution in [3.8, 4) is 11.5 Å². The largest absolute Gasteiger partial charge is 0.497 e. The monoisotopic (exact) mass is 347 g/mol. The number of methoxy groups -OCH3 is 2. The smallest absolute Gasteiger partial charge is 0.306 e. The molecule has 6 nitrogen and oxygen atoms in total. The molecule has 3 atom stereocenters. The number of hydrogen-bond acceptors (Lipinski definition) is 5. The van der Waals surface area contributed by atoms with E-state index in [0.29, 0.717) is 35.4 Å². The molecule has 2 aliphatic carbocycles. The van der Waals surface area contributed by atoms with Gasteiger partial charge in [0, 0.05) is 12.5 Å². The van der Waals surface area contributed by atoms with Crippen molar-refractivity contribution in [2.45, 2.75) is 32.1 Å². The van der Waals surface area contributed by atoms with Crippen molar-refractivity contribution < 1.29 is 23.8 Å². The standard InChI is InChI=1S/C19H25NO5/c1-23-15-5-6-16(17(10-15)24-2)20-18(21)11-25-19(22)9-14-8-12-3-4-13(14)7-12/h5-6,10,12-14H,3-4,7-9,11H2,1-2H3,(H,20,21)/t12-,13+,14+/m0/s1. The first-order valence-corrected chi connectivity index (χ1v) is 8.76. The van der Waals surface area contributed by atoms with Gasteiger partial charge in [0.2, 0.25) is 0 Å². The molecule has 1 aromatic carbocycles. The Kier molecular flexibility index (Phi) is 5.46. The Hall–Kier alpha value is -2.24. The molecular weight excluding hydrogens is 322 g/mol. The molecule has 1 amide bonds. The average Bonchev–Trinajstić information content (AvgIpc) is 3.23. The Balaban J connectivity index is 1.45. The van der Waals surface area contributed by atoms with Crippen LogP contribution in [0.3, 0.4) is 0 Å². The second-order valence-corrected chi connectivity index (χ2v) is 6.91. The summed E-state index contributed by atoms with van der Waals surface area (Å²) in [7, 11) is 3.07. The van der Waals surface area contributed by atoms with Gasteiger partial charge in [0.25, 0.3) is 5.91 Å². The topological polar surface area (TPSA) is 73.9 Å². The molecule has 1 N–H and O–H groups in total. The number of anilines is 1.